The van der Waals surface area contributed by atoms with Gasteiger partial charge in [-0.1, -0.05) is 12.8 Å². The third-order valence-corrected chi connectivity index (χ3v) is 8.32. The average molecular weight is 373 g/mol. The number of nitrogens with two attached hydrogens (primary N) is 1. The lowest BCUT2D eigenvalue weighted by molar-refractivity contribution is -0.131. The first-order chi connectivity index (χ1) is 11.7. The second kappa shape index (κ2) is 7.13. The lowest BCUT2D eigenvalue weighted by Crippen LogP contribution is -2.54. The van der Waals surface area contributed by atoms with E-state index in [1.165, 1.54) is 17.1 Å². The molecule has 8 heteroatoms. The third-order valence-electron chi connectivity index (χ3n) is 6.38. The molecule has 0 spiro atoms. The molecular weight excluding hydrogens is 340 g/mol. The van der Waals surface area contributed by atoms with Crippen LogP contribution in [0.3, 0.4) is 0 Å². The van der Waals surface area contributed by atoms with Crippen molar-refractivity contribution in [3.05, 3.63) is 0 Å². The maximum absolute atomic E-state index is 12.2. The molecule has 1 amide bonds. The first-order valence-corrected chi connectivity index (χ1v) is 10.9. The summed E-state index contributed by atoms with van der Waals surface area (Å²) >= 11 is 0. The van der Waals surface area contributed by atoms with Gasteiger partial charge >= 0.3 is 0 Å². The molecule has 0 bridgehead atoms. The molecule has 2 saturated heterocycles. The summed E-state index contributed by atoms with van der Waals surface area (Å²) in [6.07, 6.45) is 6.90. The van der Waals surface area contributed by atoms with Gasteiger partial charge in [0.15, 0.2) is 0 Å². The Labute approximate surface area is 151 Å². The number of piperidine rings is 2. The minimum atomic E-state index is -3.30. The molecule has 7 nitrogen and oxygen atoms in total. The average Bonchev–Trinajstić information content (AvgIpc) is 3.39. The van der Waals surface area contributed by atoms with E-state index >= 15 is 0 Å². The van der Waals surface area contributed by atoms with Gasteiger partial charge in [-0.15, -0.1) is 0 Å². The lowest BCUT2D eigenvalue weighted by atomic mass is 9.73. The number of amides is 1. The summed E-state index contributed by atoms with van der Waals surface area (Å²) in [7, 11) is -0.146. The van der Waals surface area contributed by atoms with Crippen LogP contribution in [0.4, 0.5) is 0 Å². The third kappa shape index (κ3) is 4.02. The summed E-state index contributed by atoms with van der Waals surface area (Å²) in [5.41, 5.74) is 5.46. The monoisotopic (exact) mass is 372 g/mol. The second-order valence-corrected chi connectivity index (χ2v) is 10.4. The lowest BCUT2D eigenvalue weighted by Gasteiger charge is -2.45. The highest BCUT2D eigenvalue weighted by Crippen LogP contribution is 2.46. The van der Waals surface area contributed by atoms with Gasteiger partial charge in [0, 0.05) is 33.2 Å². The van der Waals surface area contributed by atoms with Crippen LogP contribution in [0.15, 0.2) is 0 Å². The Morgan fingerprint density at radius 2 is 1.64 bits per heavy atom. The van der Waals surface area contributed by atoms with Crippen molar-refractivity contribution in [1.82, 2.24) is 13.5 Å². The molecule has 0 atom stereocenters. The fraction of sp³-hybridized carbons (Fsp3) is 0.941. The molecule has 0 unspecified atom stereocenters. The summed E-state index contributed by atoms with van der Waals surface area (Å²) in [6.45, 7) is 2.96. The largest absolute Gasteiger partial charge is 0.369 e. The summed E-state index contributed by atoms with van der Waals surface area (Å²) < 4.78 is 27.3. The van der Waals surface area contributed by atoms with Crippen molar-refractivity contribution in [3.8, 4) is 0 Å². The number of primary amides is 1. The van der Waals surface area contributed by atoms with Crippen LogP contribution >= 0.6 is 0 Å². The summed E-state index contributed by atoms with van der Waals surface area (Å²) in [4.78, 5) is 14.5. The Morgan fingerprint density at radius 1 is 1.08 bits per heavy atom. The maximum Gasteiger partial charge on any atom is 0.281 e. The van der Waals surface area contributed by atoms with E-state index in [0.717, 1.165) is 45.2 Å². The van der Waals surface area contributed by atoms with Gasteiger partial charge in [0.1, 0.15) is 0 Å². The number of carbonyl (C=O) groups excluding carboxylic acids is 1. The van der Waals surface area contributed by atoms with Crippen LogP contribution in [0.2, 0.25) is 0 Å². The molecule has 2 aliphatic heterocycles. The second-order valence-electron chi connectivity index (χ2n) is 8.25. The molecule has 2 heterocycles. The molecule has 1 saturated carbocycles. The molecular formula is C17H32N4O3S. The van der Waals surface area contributed by atoms with Crippen molar-refractivity contribution in [3.63, 3.8) is 0 Å². The Hall–Kier alpha value is -0.700. The van der Waals surface area contributed by atoms with Gasteiger partial charge in [-0.05, 0) is 51.1 Å². The van der Waals surface area contributed by atoms with Crippen LogP contribution in [-0.2, 0) is 15.0 Å². The zero-order chi connectivity index (χ0) is 18.2. The van der Waals surface area contributed by atoms with E-state index in [0.29, 0.717) is 25.0 Å². The number of rotatable bonds is 6. The van der Waals surface area contributed by atoms with Crippen molar-refractivity contribution in [2.75, 3.05) is 40.3 Å². The van der Waals surface area contributed by atoms with Crippen molar-refractivity contribution in [2.45, 2.75) is 51.0 Å². The van der Waals surface area contributed by atoms with Crippen LogP contribution < -0.4 is 5.73 Å². The molecule has 0 aromatic rings. The van der Waals surface area contributed by atoms with Gasteiger partial charge in [-0.2, -0.15) is 17.0 Å². The molecule has 0 radical (unpaired) electrons. The molecule has 144 valence electrons. The van der Waals surface area contributed by atoms with Gasteiger partial charge in [-0.3, -0.25) is 4.79 Å². The molecule has 3 fully saturated rings. The molecule has 0 aromatic carbocycles. The van der Waals surface area contributed by atoms with Crippen molar-refractivity contribution >= 4 is 16.1 Å². The molecule has 3 rings (SSSR count). The van der Waals surface area contributed by atoms with E-state index < -0.39 is 10.2 Å². The summed E-state index contributed by atoms with van der Waals surface area (Å²) in [5, 5.41) is 0. The minimum absolute atomic E-state index is 0.119. The molecule has 3 aliphatic rings. The summed E-state index contributed by atoms with van der Waals surface area (Å²) in [5.74, 6) is 0.587. The SMILES string of the molecule is CN(C)S(=O)(=O)N1CCC(N2CCC(CC3CC3)(C(N)=O)CC2)CC1. The van der Waals surface area contributed by atoms with E-state index in [9.17, 15) is 13.2 Å². The van der Waals surface area contributed by atoms with Crippen molar-refractivity contribution in [2.24, 2.45) is 17.1 Å². The number of nitrogens with zero attached hydrogens (tertiary/aromatic N) is 3. The Balaban J connectivity index is 1.53. The van der Waals surface area contributed by atoms with E-state index in [2.05, 4.69) is 4.90 Å². The van der Waals surface area contributed by atoms with Crippen LogP contribution in [0.5, 0.6) is 0 Å². The van der Waals surface area contributed by atoms with Gasteiger partial charge in [0.05, 0.1) is 5.41 Å². The first-order valence-electron chi connectivity index (χ1n) is 9.46. The van der Waals surface area contributed by atoms with E-state index in [-0.39, 0.29) is 11.3 Å². The topological polar surface area (TPSA) is 87.0 Å². The van der Waals surface area contributed by atoms with Crippen molar-refractivity contribution < 1.29 is 13.2 Å². The zero-order valence-electron chi connectivity index (χ0n) is 15.5. The zero-order valence-corrected chi connectivity index (χ0v) is 16.3. The highest BCUT2D eigenvalue weighted by Gasteiger charge is 2.45. The molecule has 0 aromatic heterocycles. The minimum Gasteiger partial charge on any atom is -0.369 e. The quantitative estimate of drug-likeness (QED) is 0.741. The normalized spacial score (nSPS) is 26.8. The molecule has 25 heavy (non-hydrogen) atoms. The maximum atomic E-state index is 12.2. The standard InChI is InChI=1S/C17H32N4O3S/c1-19(2)25(23,24)21-9-5-15(6-10-21)20-11-7-17(8-12-20,16(18)22)13-14-3-4-14/h14-15H,3-13H2,1-2H3,(H2,18,22). The number of likely N-dealkylation sites (tertiary alicyclic amines) is 1. The van der Waals surface area contributed by atoms with E-state index in [4.69, 9.17) is 5.73 Å². The number of carbonyl (C=O) groups is 1. The van der Waals surface area contributed by atoms with E-state index in [1.54, 1.807) is 18.4 Å². The highest BCUT2D eigenvalue weighted by molar-refractivity contribution is 7.86. The van der Waals surface area contributed by atoms with Gasteiger partial charge in [0.2, 0.25) is 5.91 Å². The van der Waals surface area contributed by atoms with Crippen molar-refractivity contribution in [1.29, 1.82) is 0 Å². The van der Waals surface area contributed by atoms with Gasteiger partial charge in [0.25, 0.3) is 10.2 Å². The van der Waals surface area contributed by atoms with Gasteiger partial charge < -0.3 is 10.6 Å². The van der Waals surface area contributed by atoms with Crippen LogP contribution in [0.25, 0.3) is 0 Å². The summed E-state index contributed by atoms with van der Waals surface area (Å²) in [6, 6.07) is 0.417. The fourth-order valence-electron chi connectivity index (χ4n) is 4.41. The predicted molar refractivity (Wildman–Crippen MR) is 97.0 cm³/mol. The van der Waals surface area contributed by atoms with Crippen LogP contribution in [0.1, 0.15) is 44.9 Å². The van der Waals surface area contributed by atoms with Crippen LogP contribution in [0, 0.1) is 11.3 Å². The first kappa shape index (κ1) is 19.1. The Bertz CT molecular complexity index is 587. The fourth-order valence-corrected chi connectivity index (χ4v) is 5.55. The Morgan fingerprint density at radius 3 is 2.08 bits per heavy atom. The van der Waals surface area contributed by atoms with E-state index in [1.807, 2.05) is 0 Å². The highest BCUT2D eigenvalue weighted by atomic mass is 32.2. The molecule has 2 N–H and O–H groups in total. The smallest absolute Gasteiger partial charge is 0.281 e. The number of hydrogen-bond donors (Lipinski definition) is 1. The number of hydrogen-bond acceptors (Lipinski definition) is 4. The Kier molecular flexibility index (Phi) is 5.44. The molecule has 1 aliphatic carbocycles. The predicted octanol–water partition coefficient (Wildman–Crippen LogP) is 0.625. The van der Waals surface area contributed by atoms with Crippen LogP contribution in [-0.4, -0.2) is 74.2 Å². The van der Waals surface area contributed by atoms with Gasteiger partial charge in [-0.25, -0.2) is 0 Å².